The number of nitrogens with two attached hydrogens (primary N) is 1. The summed E-state index contributed by atoms with van der Waals surface area (Å²) >= 11 is 0. The average Bonchev–Trinajstić information content (AvgIpc) is 1.50. The molecule has 37 heteroatoms. The zero-order chi connectivity index (χ0) is 107. The summed E-state index contributed by atoms with van der Waals surface area (Å²) in [6, 6.07) is -1.73. The molecule has 17 aliphatic rings. The monoisotopic (exact) mass is 2010 g/mol. The van der Waals surface area contributed by atoms with Crippen LogP contribution in [0.25, 0.3) is 0 Å². The number of rotatable bonds is 23. The van der Waals surface area contributed by atoms with Crippen LogP contribution in [0.4, 0.5) is 0 Å². The third-order valence-corrected chi connectivity index (χ3v) is 36.1. The minimum atomic E-state index is -1.83. The number of aliphatic hydroxyl groups excluding tert-OH is 2. The van der Waals surface area contributed by atoms with Crippen LogP contribution in [0.3, 0.4) is 0 Å². The van der Waals surface area contributed by atoms with E-state index in [-0.39, 0.29) is 208 Å². The number of ether oxygens (including phenoxy) is 8. The number of nitrogens with one attached hydrogen (secondary N) is 1. The van der Waals surface area contributed by atoms with Gasteiger partial charge in [-0.25, -0.2) is 4.79 Å². The number of carbonyl (C=O) groups is 15. The number of Topliss-reactive ketones (excluding diaryl/α,β-unsaturated/α-hetero) is 8. The van der Waals surface area contributed by atoms with Crippen LogP contribution in [0.15, 0.2) is 93.2 Å². The number of carboxylic acids is 2. The number of fused-ring (bicyclic) bond motifs is 20. The number of carboxylic acid groups (broad SMARTS) is 2. The van der Waals surface area contributed by atoms with Crippen LogP contribution in [0, 0.1) is 116 Å². The van der Waals surface area contributed by atoms with Gasteiger partial charge >= 0.3 is 35.8 Å². The summed E-state index contributed by atoms with van der Waals surface area (Å²) < 4.78 is 44.7. The number of hydrogen-bond acceptors (Lipinski definition) is 34. The molecule has 0 spiro atoms. The summed E-state index contributed by atoms with van der Waals surface area (Å²) in [7, 11) is 0. The van der Waals surface area contributed by atoms with E-state index in [1.54, 1.807) is 52.0 Å². The highest BCUT2D eigenvalue weighted by Crippen LogP contribution is 2.81. The second-order valence-corrected chi connectivity index (χ2v) is 46.2. The van der Waals surface area contributed by atoms with Crippen molar-refractivity contribution in [2.45, 2.75) is 302 Å². The summed E-state index contributed by atoms with van der Waals surface area (Å²) in [6.07, 6.45) is 16.6. The SMILES string of the molecule is CC(=O)CC(C)=O.CC(=O)O[C@@]12C[C@@H](C)[C@@]3(O)[C@@H](C=C(CO)C[C@]4(O)C(=O)C(C)=C[C@@H]34)[C@@H]1C2(C)C.CC(=O)O[C@@]12C[C@@H](C)[C@@]3(O)[C@@H](C=C(CO)C[C@]4(O)C(=O)C(C)=C[C@@H]34)[C@@H]1C2(C)C.CC(=O)O[C@@]12C[C@@H](C)[C@@]3(O)[C@@H](C=C(COCOCC(=O)O)C[C@]4(O)C(=O)C(C)=C[C@@H]34)[C@@H]1C2(C)C.CC(=O)O[C@@]12C[C@@H](C)[C@@]3(O)[C@@H](C=C(COCOC[C@@H](N)C(=O)O)C[C@]4(O)C(=O)C(C)=C[C@@H]34)[C@@H]1C2(C)C.O=CN[C@H]1CC(=O)CC1=O. The Balaban J connectivity index is 0.000000161. The quantitative estimate of drug-likeness (QED) is 0.0119. The smallest absolute Gasteiger partial charge is 0.329 e. The molecule has 9 fully saturated rings. The molecule has 0 saturated heterocycles. The first-order valence-electron chi connectivity index (χ1n) is 49.2. The maximum atomic E-state index is 13.2. The Morgan fingerprint density at radius 3 is 0.909 bits per heavy atom. The first-order valence-corrected chi connectivity index (χ1v) is 49.2. The van der Waals surface area contributed by atoms with Crippen molar-refractivity contribution in [1.82, 2.24) is 5.32 Å². The van der Waals surface area contributed by atoms with E-state index in [1.807, 2.05) is 107 Å². The summed E-state index contributed by atoms with van der Waals surface area (Å²) in [5.41, 5.74) is -7.79. The second kappa shape index (κ2) is 38.9. The van der Waals surface area contributed by atoms with Gasteiger partial charge in [0.25, 0.3) is 0 Å². The summed E-state index contributed by atoms with van der Waals surface area (Å²) in [5, 5.41) is 135. The predicted molar refractivity (Wildman–Crippen MR) is 505 cm³/mol. The molecule has 0 heterocycles. The Morgan fingerprint density at radius 1 is 0.420 bits per heavy atom. The van der Waals surface area contributed by atoms with Gasteiger partial charge in [-0.1, -0.05) is 132 Å². The molecule has 143 heavy (non-hydrogen) atoms. The molecule has 0 aromatic carbocycles. The molecule has 17 aliphatic carbocycles. The molecule has 1 amide bonds. The van der Waals surface area contributed by atoms with Gasteiger partial charge in [0.2, 0.25) is 6.41 Å². The molecule has 0 aromatic heterocycles. The summed E-state index contributed by atoms with van der Waals surface area (Å²) in [4.78, 5) is 172. The Morgan fingerprint density at radius 2 is 0.685 bits per heavy atom. The van der Waals surface area contributed by atoms with Gasteiger partial charge in [0.05, 0.1) is 74.3 Å². The Hall–Kier alpha value is -9.03. The maximum Gasteiger partial charge on any atom is 0.329 e. The van der Waals surface area contributed by atoms with Gasteiger partial charge in [-0.3, -0.25) is 67.1 Å². The van der Waals surface area contributed by atoms with E-state index in [0.29, 0.717) is 76.7 Å². The fourth-order valence-electron chi connectivity index (χ4n) is 29.6. The molecule has 0 unspecified atom stereocenters. The molecule has 790 valence electrons. The fraction of sp³-hybridized carbons (Fsp3) is 0.708. The van der Waals surface area contributed by atoms with Crippen molar-refractivity contribution < 1.29 is 171 Å². The van der Waals surface area contributed by atoms with Crippen LogP contribution in [0.2, 0.25) is 0 Å². The molecule has 37 nitrogen and oxygen atoms in total. The highest BCUT2D eigenvalue weighted by atomic mass is 16.7. The van der Waals surface area contributed by atoms with E-state index in [9.17, 15) is 123 Å². The number of aliphatic hydroxyl groups is 10. The second-order valence-electron chi connectivity index (χ2n) is 46.2. The lowest BCUT2D eigenvalue weighted by molar-refractivity contribution is -0.186. The van der Waals surface area contributed by atoms with Gasteiger partial charge < -0.3 is 110 Å². The highest BCUT2D eigenvalue weighted by Gasteiger charge is 2.88. The first kappa shape index (κ1) is 113. The molecule has 0 aromatic rings. The van der Waals surface area contributed by atoms with Crippen molar-refractivity contribution in [3.05, 3.63) is 93.2 Å². The minimum absolute atomic E-state index is 0.0000834. The standard InChI is InChI=1S/C26H37NO9.C25H34O9.2C22H30O6.C6H7NO3.C5H8O2/c1-13-6-19-24(32,21(13)29)9-16(10-34-12-35-11-18(27)22(30)31)7-17-20-23(4,5)25(20,36-15(3)28)8-14(2)26(17,19)33;1-13-6-18-23(30,21(13)29)9-16(10-32-12-33-11-19(27)28)7-17-20-22(4,5)24(20,34-15(3)26)8-14(2)25(17,18)31;2*1-11-6-16-20(26,18(11)25)9-14(10-23)7-15-17-19(4,5)21(17,28-13(3)24)8-12(2)22(15,16)27;8-3-7-5-1-4(9)2-6(5)10;1-4(6)3-5(2)7/h6-7,14,17-20,32-33H,8-12,27H2,1-5H3,(H,30,31);6-7,14,17-18,20,30-31H,8-12H2,1-5H3,(H,27,28);2*6-7,12,15-17,23,26-27H,8-10H2,1-5H3;3,5H,1-2H2,(H,7,8);3H2,1-2H3/t14-,17+,18-,19-,20-,24-,25+,26-;14-,17+,18-,20-,23-,24+,25-;2*12-,15+,16-,17-,20-,21+,22-;5-;/m11110./s1. The molecular formula is C106H146N2O35. The van der Waals surface area contributed by atoms with Crippen LogP contribution in [0.1, 0.15) is 223 Å². The van der Waals surface area contributed by atoms with Crippen LogP contribution in [0.5, 0.6) is 0 Å². The minimum Gasteiger partial charge on any atom is -0.480 e. The number of hydrogen-bond donors (Lipinski definition) is 14. The van der Waals surface area contributed by atoms with Crippen molar-refractivity contribution in [2.24, 2.45) is 122 Å². The van der Waals surface area contributed by atoms with Crippen LogP contribution in [-0.2, 0) is 110 Å². The van der Waals surface area contributed by atoms with E-state index in [1.165, 1.54) is 41.5 Å². The third kappa shape index (κ3) is 18.2. The topological polar surface area (TPSA) is 611 Å². The van der Waals surface area contributed by atoms with Gasteiger partial charge in [-0.05, 0) is 135 Å². The van der Waals surface area contributed by atoms with E-state index in [4.69, 9.17) is 53.8 Å². The molecule has 15 N–H and O–H groups in total. The molecular weight excluding hydrogens is 1860 g/mol. The Bertz CT molecular complexity index is 5360. The van der Waals surface area contributed by atoms with E-state index < -0.39 is 168 Å². The Labute approximate surface area is 831 Å². The lowest BCUT2D eigenvalue weighted by Crippen LogP contribution is -2.61. The lowest BCUT2D eigenvalue weighted by Gasteiger charge is -2.50. The molecule has 0 aliphatic heterocycles. The third-order valence-electron chi connectivity index (χ3n) is 36.1. The van der Waals surface area contributed by atoms with E-state index in [2.05, 4.69) is 5.32 Å². The van der Waals surface area contributed by atoms with Gasteiger partial charge in [0.1, 0.15) is 88.4 Å². The average molecular weight is 2010 g/mol. The van der Waals surface area contributed by atoms with Crippen LogP contribution in [-0.4, -0.2) is 282 Å². The van der Waals surface area contributed by atoms with Crippen molar-refractivity contribution in [3.8, 4) is 0 Å². The molecule has 0 bridgehead atoms. The van der Waals surface area contributed by atoms with Crippen molar-refractivity contribution in [3.63, 3.8) is 0 Å². The number of esters is 4. The molecule has 0 radical (unpaired) electrons. The highest BCUT2D eigenvalue weighted by molar-refractivity contribution is 6.10. The normalized spacial score (nSPS) is 41.5. The first-order chi connectivity index (χ1) is 65.9. The number of carbonyl (C=O) groups excluding carboxylic acids is 13. The van der Waals surface area contributed by atoms with Crippen molar-refractivity contribution in [2.75, 3.05) is 53.2 Å². The summed E-state index contributed by atoms with van der Waals surface area (Å²) in [6.45, 7) is 36.9. The number of ketones is 8. The number of amides is 1. The lowest BCUT2D eigenvalue weighted by atomic mass is 9.60. The maximum absolute atomic E-state index is 13.2. The Kier molecular flexibility index (Phi) is 30.7. The number of aliphatic carboxylic acids is 2. The van der Waals surface area contributed by atoms with E-state index in [0.717, 1.165) is 0 Å². The van der Waals surface area contributed by atoms with Gasteiger partial charge in [0, 0.05) is 152 Å². The zero-order valence-electron chi connectivity index (χ0n) is 85.9. The molecule has 9 saturated carbocycles. The predicted octanol–water partition coefficient (Wildman–Crippen LogP) is 5.20. The molecule has 30 atom stereocenters. The van der Waals surface area contributed by atoms with Crippen molar-refractivity contribution in [1.29, 1.82) is 0 Å². The largest absolute Gasteiger partial charge is 0.480 e. The zero-order valence-corrected chi connectivity index (χ0v) is 85.9. The van der Waals surface area contributed by atoms with Crippen molar-refractivity contribution >= 4 is 88.5 Å². The van der Waals surface area contributed by atoms with Gasteiger partial charge in [-0.2, -0.15) is 0 Å². The van der Waals surface area contributed by atoms with Crippen LogP contribution >= 0.6 is 0 Å². The summed E-state index contributed by atoms with van der Waals surface area (Å²) in [5.74, 6) is -13.0. The van der Waals surface area contributed by atoms with Gasteiger partial charge in [0.15, 0.2) is 28.9 Å². The fourth-order valence-corrected chi connectivity index (χ4v) is 29.6. The molecule has 17 rings (SSSR count). The van der Waals surface area contributed by atoms with Crippen LogP contribution < -0.4 is 11.1 Å². The van der Waals surface area contributed by atoms with E-state index >= 15 is 0 Å². The van der Waals surface area contributed by atoms with Gasteiger partial charge in [-0.15, -0.1) is 0 Å².